The molecule has 0 rings (SSSR count). The zero-order valence-corrected chi connectivity index (χ0v) is 3.81. The molecule has 0 spiro atoms. The smallest absolute Gasteiger partial charge is 0.164 e. The molecule has 42 valence electrons. The molecular weight excluding hydrogens is 110 g/mol. The first-order valence-corrected chi connectivity index (χ1v) is 1.56. The van der Waals surface area contributed by atoms with Gasteiger partial charge in [-0.05, 0) is 10.4 Å². The van der Waals surface area contributed by atoms with Gasteiger partial charge in [-0.1, -0.05) is 5.22 Å². The minimum absolute atomic E-state index is 0.908. The van der Waals surface area contributed by atoms with Gasteiger partial charge in [0, 0.05) is 0 Å². The molecule has 0 atom stereocenters. The summed E-state index contributed by atoms with van der Waals surface area (Å²) in [5, 5.41) is 13.9. The lowest BCUT2D eigenvalue weighted by molar-refractivity contribution is 0.915. The fourth-order valence-electron chi connectivity index (χ4n) is 0.0978. The molecule has 0 saturated heterocycles. The number of nitrogens with zero attached hydrogens (tertiary/aromatic N) is 5. The molecule has 0 aliphatic rings. The highest BCUT2D eigenvalue weighted by molar-refractivity contribution is 5.53. The van der Waals surface area contributed by atoms with Crippen molar-refractivity contribution >= 4 is 6.34 Å². The Morgan fingerprint density at radius 1 is 1.12 bits per heavy atom. The van der Waals surface area contributed by atoms with Crippen molar-refractivity contribution in [2.75, 3.05) is 0 Å². The summed E-state index contributed by atoms with van der Waals surface area (Å²) in [6.07, 6.45) is 0.908. The van der Waals surface area contributed by atoms with Crippen molar-refractivity contribution in [3.63, 3.8) is 0 Å². The number of rotatable bonds is 3. The van der Waals surface area contributed by atoms with E-state index in [0.717, 1.165) is 6.34 Å². The normalized spacial score (nSPS) is 10.5. The molecular formula is CH3N7. The van der Waals surface area contributed by atoms with Gasteiger partial charge in [-0.3, -0.25) is 0 Å². The summed E-state index contributed by atoms with van der Waals surface area (Å²) in [5.74, 6) is 0. The summed E-state index contributed by atoms with van der Waals surface area (Å²) in [5.41, 5.74) is 12.1. The topological polar surface area (TPSA) is 110 Å². The molecule has 0 heterocycles. The summed E-state index contributed by atoms with van der Waals surface area (Å²) in [6.45, 7) is 0. The fourth-order valence-corrected chi connectivity index (χ4v) is 0.0978. The van der Waals surface area contributed by atoms with Crippen molar-refractivity contribution in [1.82, 2.24) is 0 Å². The zero-order valence-electron chi connectivity index (χ0n) is 3.81. The molecule has 7 nitrogen and oxygen atoms in total. The molecule has 0 aliphatic heterocycles. The van der Waals surface area contributed by atoms with E-state index >= 15 is 0 Å². The second-order valence-electron chi connectivity index (χ2n) is 0.636. The minimum atomic E-state index is 0.908. The molecule has 0 radical (unpaired) electrons. The highest BCUT2D eigenvalue weighted by atomic mass is 15.4. The molecule has 0 aromatic heterocycles. The summed E-state index contributed by atoms with van der Waals surface area (Å²) in [7, 11) is 0. The minimum Gasteiger partial charge on any atom is -0.184 e. The molecule has 8 heavy (non-hydrogen) atoms. The average molecular weight is 113 g/mol. The van der Waals surface area contributed by atoms with Crippen molar-refractivity contribution in [3.8, 4) is 0 Å². The Labute approximate surface area is 44.5 Å². The van der Waals surface area contributed by atoms with E-state index in [1.807, 2.05) is 0 Å². The van der Waals surface area contributed by atoms with Gasteiger partial charge in [-0.2, -0.15) is 11.1 Å². The predicted octanol–water partition coefficient (Wildman–Crippen LogP) is 1.36. The van der Waals surface area contributed by atoms with E-state index in [1.165, 1.54) is 0 Å². The van der Waals surface area contributed by atoms with E-state index in [2.05, 4.69) is 25.9 Å². The molecule has 0 bridgehead atoms. The first kappa shape index (κ1) is 6.47. The van der Waals surface area contributed by atoms with Crippen molar-refractivity contribution in [1.29, 1.82) is 11.1 Å². The Morgan fingerprint density at radius 3 is 2.38 bits per heavy atom. The van der Waals surface area contributed by atoms with Crippen LogP contribution in [0.2, 0.25) is 0 Å². The van der Waals surface area contributed by atoms with Crippen molar-refractivity contribution in [2.24, 2.45) is 25.9 Å². The van der Waals surface area contributed by atoms with Crippen LogP contribution < -0.4 is 0 Å². The van der Waals surface area contributed by atoms with Gasteiger partial charge in [0.15, 0.2) is 6.34 Å². The lowest BCUT2D eigenvalue weighted by atomic mass is 11.4. The summed E-state index contributed by atoms with van der Waals surface area (Å²) in [4.78, 5) is 0. The molecule has 0 aromatic carbocycles. The second kappa shape index (κ2) is 5.47. The van der Waals surface area contributed by atoms with Gasteiger partial charge >= 0.3 is 0 Å². The van der Waals surface area contributed by atoms with Gasteiger partial charge in [-0.25, -0.2) is 0 Å². The van der Waals surface area contributed by atoms with Crippen LogP contribution >= 0.6 is 0 Å². The fraction of sp³-hybridized carbons (Fsp3) is 0. The molecule has 0 aliphatic carbocycles. The maximum absolute atomic E-state index is 6.09. The van der Waals surface area contributed by atoms with Crippen LogP contribution in [-0.2, 0) is 0 Å². The third-order valence-corrected chi connectivity index (χ3v) is 0.257. The molecule has 0 aromatic rings. The van der Waals surface area contributed by atoms with E-state index in [0.29, 0.717) is 0 Å². The van der Waals surface area contributed by atoms with E-state index in [1.54, 1.807) is 0 Å². The lowest BCUT2D eigenvalue weighted by Crippen LogP contribution is -1.55. The quantitative estimate of drug-likeness (QED) is 0.238. The standard InChI is InChI=1S/CH3N7/c2-6-4-1-5-8-7-3/h1-3H. The van der Waals surface area contributed by atoms with Crippen LogP contribution in [0.25, 0.3) is 0 Å². The van der Waals surface area contributed by atoms with Crippen LogP contribution in [0.3, 0.4) is 0 Å². The van der Waals surface area contributed by atoms with Crippen molar-refractivity contribution in [2.45, 2.75) is 0 Å². The number of nitrogens with one attached hydrogen (secondary N) is 2. The lowest BCUT2D eigenvalue weighted by Gasteiger charge is -1.64. The molecule has 0 fully saturated rings. The van der Waals surface area contributed by atoms with E-state index in [-0.39, 0.29) is 0 Å². The van der Waals surface area contributed by atoms with Gasteiger partial charge in [0.2, 0.25) is 0 Å². The van der Waals surface area contributed by atoms with Gasteiger partial charge < -0.3 is 0 Å². The van der Waals surface area contributed by atoms with Crippen LogP contribution in [0.5, 0.6) is 0 Å². The van der Waals surface area contributed by atoms with Crippen molar-refractivity contribution in [3.05, 3.63) is 0 Å². The molecule has 0 amide bonds. The molecule has 2 N–H and O–H groups in total. The summed E-state index contributed by atoms with van der Waals surface area (Å²) in [6, 6.07) is 0. The van der Waals surface area contributed by atoms with Crippen molar-refractivity contribution < 1.29 is 0 Å². The van der Waals surface area contributed by atoms with Gasteiger partial charge in [0.05, 0.1) is 0 Å². The average Bonchev–Trinajstić information content (AvgIpc) is 1.81. The molecule has 7 heteroatoms. The molecule has 0 saturated carbocycles. The van der Waals surface area contributed by atoms with Crippen LogP contribution in [0.15, 0.2) is 25.9 Å². The number of hydrogen-bond donors (Lipinski definition) is 2. The summed E-state index contributed by atoms with van der Waals surface area (Å²) >= 11 is 0. The third kappa shape index (κ3) is 4.47. The van der Waals surface area contributed by atoms with Crippen LogP contribution in [-0.4, -0.2) is 6.34 Å². The van der Waals surface area contributed by atoms with Crippen LogP contribution in [0.1, 0.15) is 0 Å². The number of hydrogen-bond acceptors (Lipinski definition) is 3. The van der Waals surface area contributed by atoms with E-state index < -0.39 is 0 Å². The van der Waals surface area contributed by atoms with Gasteiger partial charge in [0.1, 0.15) is 0 Å². The highest BCUT2D eigenvalue weighted by Gasteiger charge is 1.59. The predicted molar refractivity (Wildman–Crippen MR) is 23.6 cm³/mol. The first-order chi connectivity index (χ1) is 3.91. The highest BCUT2D eigenvalue weighted by Crippen LogP contribution is 1.71. The Balaban J connectivity index is 3.41. The second-order valence-corrected chi connectivity index (χ2v) is 0.636. The van der Waals surface area contributed by atoms with E-state index in [4.69, 9.17) is 11.1 Å². The maximum Gasteiger partial charge on any atom is 0.164 e. The van der Waals surface area contributed by atoms with Gasteiger partial charge in [0.25, 0.3) is 0 Å². The monoisotopic (exact) mass is 113 g/mol. The van der Waals surface area contributed by atoms with Gasteiger partial charge in [-0.15, -0.1) is 10.2 Å². The third-order valence-electron chi connectivity index (χ3n) is 0.257. The Bertz CT molecular complexity index is 104. The Morgan fingerprint density at radius 2 is 1.88 bits per heavy atom. The van der Waals surface area contributed by atoms with Crippen LogP contribution in [0.4, 0.5) is 0 Å². The molecule has 0 unspecified atom stereocenters. The Hall–Kier alpha value is -1.53. The Kier molecular flexibility index (Phi) is 4.42. The zero-order chi connectivity index (χ0) is 6.24. The summed E-state index contributed by atoms with van der Waals surface area (Å²) < 4.78 is 0. The SMILES string of the molecule is N=NN=CN=NN=N. The van der Waals surface area contributed by atoms with E-state index in [9.17, 15) is 0 Å². The van der Waals surface area contributed by atoms with Crippen LogP contribution in [0, 0.1) is 11.1 Å². The first-order valence-electron chi connectivity index (χ1n) is 1.56. The largest absolute Gasteiger partial charge is 0.184 e. The maximum atomic E-state index is 6.09.